The lowest BCUT2D eigenvalue weighted by molar-refractivity contribution is 0.0448. The van der Waals surface area contributed by atoms with Gasteiger partial charge in [0.25, 0.3) is 0 Å². The molecule has 1 aliphatic heterocycles. The lowest BCUT2D eigenvalue weighted by Gasteiger charge is -2.47. The summed E-state index contributed by atoms with van der Waals surface area (Å²) in [6.45, 7) is 17.0. The van der Waals surface area contributed by atoms with Crippen LogP contribution in [-0.4, -0.2) is 29.6 Å². The maximum Gasteiger partial charge on any atom is 0.0281 e. The lowest BCUT2D eigenvalue weighted by Crippen LogP contribution is -2.62. The van der Waals surface area contributed by atoms with E-state index in [1.54, 1.807) is 0 Å². The number of hydrogen-bond donors (Lipinski definition) is 1. The van der Waals surface area contributed by atoms with Crippen molar-refractivity contribution in [3.63, 3.8) is 0 Å². The van der Waals surface area contributed by atoms with Crippen molar-refractivity contribution in [2.24, 2.45) is 5.92 Å². The smallest absolute Gasteiger partial charge is 0.0281 e. The standard InChI is InChI=1S/C19H32N2/c1-7-14(2)18-12-21(19(5,6)13-20-18)11-17-9-8-15(3)16(4)10-17/h8-10,14,18,20H,7,11-13H2,1-6H3. The fourth-order valence-electron chi connectivity index (χ4n) is 3.11. The Hall–Kier alpha value is -0.860. The average molecular weight is 288 g/mol. The maximum absolute atomic E-state index is 3.75. The van der Waals surface area contributed by atoms with Gasteiger partial charge in [0, 0.05) is 31.2 Å². The van der Waals surface area contributed by atoms with Crippen LogP contribution in [0, 0.1) is 19.8 Å². The van der Waals surface area contributed by atoms with Gasteiger partial charge in [-0.05, 0) is 50.3 Å². The largest absolute Gasteiger partial charge is 0.311 e. The zero-order valence-electron chi connectivity index (χ0n) is 14.7. The van der Waals surface area contributed by atoms with E-state index in [-0.39, 0.29) is 5.54 Å². The van der Waals surface area contributed by atoms with Gasteiger partial charge in [-0.3, -0.25) is 4.90 Å². The van der Waals surface area contributed by atoms with Gasteiger partial charge in [-0.15, -0.1) is 0 Å². The molecule has 2 nitrogen and oxygen atoms in total. The van der Waals surface area contributed by atoms with E-state index in [0.717, 1.165) is 25.6 Å². The molecule has 2 heteroatoms. The Morgan fingerprint density at radius 3 is 2.62 bits per heavy atom. The monoisotopic (exact) mass is 288 g/mol. The maximum atomic E-state index is 3.75. The quantitative estimate of drug-likeness (QED) is 0.904. The minimum atomic E-state index is 0.225. The number of nitrogens with one attached hydrogen (secondary N) is 1. The number of nitrogens with zero attached hydrogens (tertiary/aromatic N) is 1. The van der Waals surface area contributed by atoms with Crippen LogP contribution in [0.3, 0.4) is 0 Å². The highest BCUT2D eigenvalue weighted by Gasteiger charge is 2.35. The number of hydrogen-bond acceptors (Lipinski definition) is 2. The fraction of sp³-hybridized carbons (Fsp3) is 0.684. The van der Waals surface area contributed by atoms with Crippen LogP contribution >= 0.6 is 0 Å². The summed E-state index contributed by atoms with van der Waals surface area (Å²) in [6.07, 6.45) is 1.25. The molecule has 1 aromatic rings. The van der Waals surface area contributed by atoms with Crippen molar-refractivity contribution >= 4 is 0 Å². The van der Waals surface area contributed by atoms with Crippen molar-refractivity contribution in [3.8, 4) is 0 Å². The molecule has 1 aromatic carbocycles. The fourth-order valence-corrected chi connectivity index (χ4v) is 3.11. The summed E-state index contributed by atoms with van der Waals surface area (Å²) < 4.78 is 0. The third-order valence-electron chi connectivity index (χ3n) is 5.35. The molecule has 0 radical (unpaired) electrons. The molecule has 1 aliphatic rings. The molecule has 1 saturated heterocycles. The van der Waals surface area contributed by atoms with Crippen LogP contribution in [0.1, 0.15) is 50.8 Å². The van der Waals surface area contributed by atoms with Crippen LogP contribution in [0.2, 0.25) is 0 Å². The summed E-state index contributed by atoms with van der Waals surface area (Å²) >= 11 is 0. The zero-order valence-corrected chi connectivity index (χ0v) is 14.7. The summed E-state index contributed by atoms with van der Waals surface area (Å²) in [5.41, 5.74) is 4.45. The zero-order chi connectivity index (χ0) is 15.6. The predicted octanol–water partition coefficient (Wildman–Crippen LogP) is 3.90. The molecule has 1 N–H and O–H groups in total. The van der Waals surface area contributed by atoms with Crippen molar-refractivity contribution in [1.29, 1.82) is 0 Å². The van der Waals surface area contributed by atoms with Gasteiger partial charge in [-0.25, -0.2) is 0 Å². The van der Waals surface area contributed by atoms with Gasteiger partial charge in [0.15, 0.2) is 0 Å². The molecule has 1 heterocycles. The molecule has 1 fully saturated rings. The first kappa shape index (κ1) is 16.5. The summed E-state index contributed by atoms with van der Waals surface area (Å²) in [7, 11) is 0. The van der Waals surface area contributed by atoms with E-state index in [2.05, 4.69) is 70.0 Å². The van der Waals surface area contributed by atoms with E-state index in [1.165, 1.54) is 23.1 Å². The van der Waals surface area contributed by atoms with E-state index in [9.17, 15) is 0 Å². The molecular formula is C19H32N2. The van der Waals surface area contributed by atoms with Gasteiger partial charge in [0.05, 0.1) is 0 Å². The second kappa shape index (κ2) is 6.50. The Bertz CT molecular complexity index is 478. The van der Waals surface area contributed by atoms with Gasteiger partial charge in [-0.1, -0.05) is 38.5 Å². The molecule has 0 spiro atoms. The Kier molecular flexibility index (Phi) is 5.11. The highest BCUT2D eigenvalue weighted by Crippen LogP contribution is 2.25. The summed E-state index contributed by atoms with van der Waals surface area (Å²) in [4.78, 5) is 2.66. The van der Waals surface area contributed by atoms with E-state index in [0.29, 0.717) is 6.04 Å². The molecule has 118 valence electrons. The van der Waals surface area contributed by atoms with E-state index >= 15 is 0 Å². The van der Waals surface area contributed by atoms with E-state index < -0.39 is 0 Å². The topological polar surface area (TPSA) is 15.3 Å². The first-order valence-electron chi connectivity index (χ1n) is 8.38. The van der Waals surface area contributed by atoms with Gasteiger partial charge < -0.3 is 5.32 Å². The Morgan fingerprint density at radius 1 is 1.29 bits per heavy atom. The number of rotatable bonds is 4. The van der Waals surface area contributed by atoms with Crippen LogP contribution in [0.15, 0.2) is 18.2 Å². The molecule has 2 atom stereocenters. The molecular weight excluding hydrogens is 256 g/mol. The number of benzene rings is 1. The molecule has 0 amide bonds. The minimum Gasteiger partial charge on any atom is -0.311 e. The summed E-state index contributed by atoms with van der Waals surface area (Å²) in [5, 5.41) is 3.75. The van der Waals surface area contributed by atoms with Gasteiger partial charge in [0.1, 0.15) is 0 Å². The second-order valence-electron chi connectivity index (χ2n) is 7.48. The third kappa shape index (κ3) is 3.87. The van der Waals surface area contributed by atoms with Gasteiger partial charge in [-0.2, -0.15) is 0 Å². The first-order chi connectivity index (χ1) is 9.83. The van der Waals surface area contributed by atoms with Gasteiger partial charge >= 0.3 is 0 Å². The van der Waals surface area contributed by atoms with Gasteiger partial charge in [0.2, 0.25) is 0 Å². The third-order valence-corrected chi connectivity index (χ3v) is 5.35. The lowest BCUT2D eigenvalue weighted by atomic mass is 9.90. The molecule has 2 unspecified atom stereocenters. The predicted molar refractivity (Wildman–Crippen MR) is 91.7 cm³/mol. The average Bonchev–Trinajstić information content (AvgIpc) is 2.44. The molecule has 0 bridgehead atoms. The van der Waals surface area contributed by atoms with Crippen LogP contribution < -0.4 is 5.32 Å². The highest BCUT2D eigenvalue weighted by molar-refractivity contribution is 5.30. The minimum absolute atomic E-state index is 0.225. The molecule has 0 aromatic heterocycles. The van der Waals surface area contributed by atoms with Crippen molar-refractivity contribution in [1.82, 2.24) is 10.2 Å². The normalized spacial score (nSPS) is 24.0. The summed E-state index contributed by atoms with van der Waals surface area (Å²) in [5.74, 6) is 0.739. The first-order valence-corrected chi connectivity index (χ1v) is 8.38. The number of aryl methyl sites for hydroxylation is 2. The second-order valence-corrected chi connectivity index (χ2v) is 7.48. The Balaban J connectivity index is 2.12. The summed E-state index contributed by atoms with van der Waals surface area (Å²) in [6, 6.07) is 7.52. The Labute approximate surface area is 130 Å². The molecule has 21 heavy (non-hydrogen) atoms. The van der Waals surface area contributed by atoms with Crippen LogP contribution in [0.4, 0.5) is 0 Å². The van der Waals surface area contributed by atoms with Crippen molar-refractivity contribution in [3.05, 3.63) is 34.9 Å². The van der Waals surface area contributed by atoms with E-state index in [1.807, 2.05) is 0 Å². The SMILES string of the molecule is CCC(C)C1CN(Cc2ccc(C)c(C)c2)C(C)(C)CN1. The van der Waals surface area contributed by atoms with Crippen LogP contribution in [-0.2, 0) is 6.54 Å². The van der Waals surface area contributed by atoms with Crippen LogP contribution in [0.25, 0.3) is 0 Å². The molecule has 0 saturated carbocycles. The number of piperazine rings is 1. The van der Waals surface area contributed by atoms with E-state index in [4.69, 9.17) is 0 Å². The highest BCUT2D eigenvalue weighted by atomic mass is 15.3. The van der Waals surface area contributed by atoms with Crippen LogP contribution in [0.5, 0.6) is 0 Å². The Morgan fingerprint density at radius 2 is 2.00 bits per heavy atom. The van der Waals surface area contributed by atoms with Crippen molar-refractivity contribution in [2.45, 2.75) is 66.1 Å². The molecule has 2 rings (SSSR count). The molecule has 0 aliphatic carbocycles. The van der Waals surface area contributed by atoms with Crippen molar-refractivity contribution < 1.29 is 0 Å². The van der Waals surface area contributed by atoms with Crippen molar-refractivity contribution in [2.75, 3.05) is 13.1 Å².